The second-order valence-corrected chi connectivity index (χ2v) is 4.37. The number of nitrogens with two attached hydrogens (primary N) is 1. The van der Waals surface area contributed by atoms with E-state index in [4.69, 9.17) is 10.3 Å². The smallest absolute Gasteiger partial charge is 0.330 e. The lowest BCUT2D eigenvalue weighted by Gasteiger charge is -2.08. The van der Waals surface area contributed by atoms with Crippen molar-refractivity contribution >= 4 is 36.2 Å². The molecule has 0 saturated heterocycles. The molecule has 0 saturated carbocycles. The number of nitrogens with zero attached hydrogens (tertiary/aromatic N) is 2. The fraction of sp³-hybridized carbons (Fsp3) is 0.182. The van der Waals surface area contributed by atoms with Crippen LogP contribution in [-0.2, 0) is 0 Å². The Labute approximate surface area is 115 Å². The van der Waals surface area contributed by atoms with Crippen molar-refractivity contribution in [3.8, 4) is 0 Å². The topological polar surface area (TPSA) is 106 Å². The summed E-state index contributed by atoms with van der Waals surface area (Å²) in [6.07, 6.45) is 0. The molecule has 1 heterocycles. The molecule has 0 radical (unpaired) electrons. The third kappa shape index (κ3) is 2.79. The maximum atomic E-state index is 12.1. The fourth-order valence-electron chi connectivity index (χ4n) is 1.51. The van der Waals surface area contributed by atoms with Crippen molar-refractivity contribution < 1.29 is 9.32 Å². The van der Waals surface area contributed by atoms with Crippen LogP contribution in [0.25, 0.3) is 0 Å². The van der Waals surface area contributed by atoms with Crippen LogP contribution in [-0.4, -0.2) is 23.1 Å². The first kappa shape index (κ1) is 13.2. The molecule has 0 atom stereocenters. The SMILES string of the molecule is CNc1noc(NC(=O)c2cc(S)cc(C)c2N)n1. The first-order chi connectivity index (χ1) is 9.01. The minimum atomic E-state index is -0.428. The number of carbonyl (C=O) groups is 1. The Morgan fingerprint density at radius 2 is 2.21 bits per heavy atom. The molecule has 8 heteroatoms. The molecule has 19 heavy (non-hydrogen) atoms. The van der Waals surface area contributed by atoms with Crippen LogP contribution >= 0.6 is 12.6 Å². The normalized spacial score (nSPS) is 10.3. The summed E-state index contributed by atoms with van der Waals surface area (Å²) in [5.74, 6) is -0.148. The number of benzene rings is 1. The lowest BCUT2D eigenvalue weighted by molar-refractivity contribution is 0.102. The second kappa shape index (κ2) is 5.19. The van der Waals surface area contributed by atoms with Gasteiger partial charge in [-0.3, -0.25) is 10.1 Å². The average Bonchev–Trinajstić information content (AvgIpc) is 2.81. The zero-order chi connectivity index (χ0) is 14.0. The number of anilines is 3. The van der Waals surface area contributed by atoms with Crippen LogP contribution in [0.3, 0.4) is 0 Å². The maximum absolute atomic E-state index is 12.1. The molecule has 0 spiro atoms. The van der Waals surface area contributed by atoms with E-state index < -0.39 is 5.91 Å². The Morgan fingerprint density at radius 1 is 1.47 bits per heavy atom. The highest BCUT2D eigenvalue weighted by Crippen LogP contribution is 2.22. The highest BCUT2D eigenvalue weighted by Gasteiger charge is 2.15. The number of rotatable bonds is 3. The number of hydrogen-bond donors (Lipinski definition) is 4. The van der Waals surface area contributed by atoms with Gasteiger partial charge in [-0.2, -0.15) is 4.98 Å². The summed E-state index contributed by atoms with van der Waals surface area (Å²) >= 11 is 4.21. The number of hydrogen-bond acceptors (Lipinski definition) is 7. The molecule has 100 valence electrons. The van der Waals surface area contributed by atoms with Gasteiger partial charge < -0.3 is 15.6 Å². The van der Waals surface area contributed by atoms with Gasteiger partial charge in [-0.05, 0) is 29.8 Å². The van der Waals surface area contributed by atoms with Gasteiger partial charge >= 0.3 is 6.01 Å². The van der Waals surface area contributed by atoms with Crippen molar-refractivity contribution in [2.75, 3.05) is 23.4 Å². The van der Waals surface area contributed by atoms with Crippen LogP contribution in [0.15, 0.2) is 21.6 Å². The third-order valence-corrected chi connectivity index (χ3v) is 2.74. The predicted molar refractivity (Wildman–Crippen MR) is 74.6 cm³/mol. The molecule has 0 aliphatic heterocycles. The van der Waals surface area contributed by atoms with E-state index in [1.165, 1.54) is 0 Å². The molecule has 0 bridgehead atoms. The van der Waals surface area contributed by atoms with Gasteiger partial charge in [0, 0.05) is 17.6 Å². The molecule has 1 aromatic carbocycles. The highest BCUT2D eigenvalue weighted by molar-refractivity contribution is 7.80. The first-order valence-corrected chi connectivity index (χ1v) is 5.88. The number of thiol groups is 1. The molecule has 0 aliphatic carbocycles. The van der Waals surface area contributed by atoms with E-state index >= 15 is 0 Å². The number of aromatic nitrogens is 2. The molecular formula is C11H13N5O2S. The van der Waals surface area contributed by atoms with Crippen molar-refractivity contribution in [3.05, 3.63) is 23.3 Å². The van der Waals surface area contributed by atoms with E-state index in [2.05, 4.69) is 33.4 Å². The van der Waals surface area contributed by atoms with Gasteiger partial charge in [-0.15, -0.1) is 12.6 Å². The molecule has 1 aromatic heterocycles. The Hall–Kier alpha value is -2.22. The van der Waals surface area contributed by atoms with Crippen LogP contribution in [0.2, 0.25) is 0 Å². The van der Waals surface area contributed by atoms with Gasteiger partial charge in [-0.25, -0.2) is 0 Å². The number of amides is 1. The molecule has 2 aromatic rings. The van der Waals surface area contributed by atoms with Gasteiger partial charge in [0.05, 0.1) is 5.56 Å². The van der Waals surface area contributed by atoms with Gasteiger partial charge in [0.2, 0.25) is 0 Å². The number of nitrogens with one attached hydrogen (secondary N) is 2. The third-order valence-electron chi connectivity index (χ3n) is 2.49. The van der Waals surface area contributed by atoms with Crippen molar-refractivity contribution in [1.82, 2.24) is 10.1 Å². The van der Waals surface area contributed by atoms with Crippen LogP contribution in [0.1, 0.15) is 15.9 Å². The summed E-state index contributed by atoms with van der Waals surface area (Å²) in [5, 5.41) is 8.74. The Balaban J connectivity index is 2.25. The van der Waals surface area contributed by atoms with Crippen LogP contribution in [0.5, 0.6) is 0 Å². The molecule has 0 aliphatic rings. The first-order valence-electron chi connectivity index (χ1n) is 5.43. The number of nitrogen functional groups attached to an aromatic ring is 1. The summed E-state index contributed by atoms with van der Waals surface area (Å²) in [6.45, 7) is 1.80. The van der Waals surface area contributed by atoms with Gasteiger partial charge in [-0.1, -0.05) is 0 Å². The number of carbonyl (C=O) groups excluding carboxylic acids is 1. The Morgan fingerprint density at radius 3 is 2.84 bits per heavy atom. The van der Waals surface area contributed by atoms with Gasteiger partial charge in [0.15, 0.2) is 0 Å². The molecule has 7 nitrogen and oxygen atoms in total. The van der Waals surface area contributed by atoms with Crippen molar-refractivity contribution in [1.29, 1.82) is 0 Å². The summed E-state index contributed by atoms with van der Waals surface area (Å²) in [7, 11) is 1.64. The number of aryl methyl sites for hydroxylation is 1. The van der Waals surface area contributed by atoms with Crippen LogP contribution < -0.4 is 16.4 Å². The zero-order valence-corrected chi connectivity index (χ0v) is 11.3. The molecule has 1 amide bonds. The van der Waals surface area contributed by atoms with E-state index in [1.807, 2.05) is 0 Å². The quantitative estimate of drug-likeness (QED) is 0.501. The standard InChI is InChI=1S/C11H13N5O2S/c1-5-3-6(19)4-7(8(5)12)9(17)14-11-15-10(13-2)16-18-11/h3-4,19H,12H2,1-2H3,(H2,13,14,15,16,17). The van der Waals surface area contributed by atoms with E-state index in [0.29, 0.717) is 16.1 Å². The predicted octanol–water partition coefficient (Wildman–Crippen LogP) is 1.54. The minimum Gasteiger partial charge on any atom is -0.398 e. The van der Waals surface area contributed by atoms with Crippen molar-refractivity contribution in [2.24, 2.45) is 0 Å². The van der Waals surface area contributed by atoms with Crippen LogP contribution in [0.4, 0.5) is 17.7 Å². The van der Waals surface area contributed by atoms with Gasteiger partial charge in [0.1, 0.15) is 0 Å². The molecule has 2 rings (SSSR count). The lowest BCUT2D eigenvalue weighted by atomic mass is 10.1. The lowest BCUT2D eigenvalue weighted by Crippen LogP contribution is -2.15. The highest BCUT2D eigenvalue weighted by atomic mass is 32.1. The molecule has 0 unspecified atom stereocenters. The summed E-state index contributed by atoms with van der Waals surface area (Å²) in [6, 6.07) is 3.35. The summed E-state index contributed by atoms with van der Waals surface area (Å²) in [4.78, 5) is 16.6. The summed E-state index contributed by atoms with van der Waals surface area (Å²) < 4.78 is 4.83. The van der Waals surface area contributed by atoms with Gasteiger partial charge in [0.25, 0.3) is 11.9 Å². The van der Waals surface area contributed by atoms with E-state index in [-0.39, 0.29) is 12.0 Å². The summed E-state index contributed by atoms with van der Waals surface area (Å²) in [5.41, 5.74) is 7.35. The molecular weight excluding hydrogens is 266 g/mol. The monoisotopic (exact) mass is 279 g/mol. The zero-order valence-electron chi connectivity index (χ0n) is 10.4. The van der Waals surface area contributed by atoms with E-state index in [9.17, 15) is 4.79 Å². The maximum Gasteiger partial charge on any atom is 0.330 e. The average molecular weight is 279 g/mol. The fourth-order valence-corrected chi connectivity index (χ4v) is 1.83. The van der Waals surface area contributed by atoms with E-state index in [1.54, 1.807) is 26.1 Å². The minimum absolute atomic E-state index is 0.00373. The largest absolute Gasteiger partial charge is 0.398 e. The van der Waals surface area contributed by atoms with Crippen LogP contribution in [0, 0.1) is 6.92 Å². The Bertz CT molecular complexity index is 626. The second-order valence-electron chi connectivity index (χ2n) is 3.85. The van der Waals surface area contributed by atoms with Crippen molar-refractivity contribution in [3.63, 3.8) is 0 Å². The molecule has 0 fully saturated rings. The van der Waals surface area contributed by atoms with E-state index in [0.717, 1.165) is 5.56 Å². The Kier molecular flexibility index (Phi) is 3.61. The van der Waals surface area contributed by atoms with Crippen molar-refractivity contribution in [2.45, 2.75) is 11.8 Å². The molecule has 4 N–H and O–H groups in total.